The highest BCUT2D eigenvalue weighted by molar-refractivity contribution is 6.01. The van der Waals surface area contributed by atoms with E-state index in [1.54, 1.807) is 18.2 Å². The smallest absolute Gasteiger partial charge is 0.313 e. The van der Waals surface area contributed by atoms with Crippen molar-refractivity contribution in [3.8, 4) is 0 Å². The van der Waals surface area contributed by atoms with Crippen LogP contribution in [-0.4, -0.2) is 16.9 Å². The van der Waals surface area contributed by atoms with E-state index in [0.29, 0.717) is 22.4 Å². The van der Waals surface area contributed by atoms with Crippen LogP contribution in [0.2, 0.25) is 0 Å². The Morgan fingerprint density at radius 1 is 0.900 bits per heavy atom. The van der Waals surface area contributed by atoms with Gasteiger partial charge in [0.05, 0.1) is 6.42 Å². The van der Waals surface area contributed by atoms with Gasteiger partial charge >= 0.3 is 5.97 Å². The standard InChI is InChI=1S/C25H21NO4/c1-16-7-11-18(12-8-16)24(28)25(19-13-9-17(2)10-14-19)29-23(27)15-21-20-5-3-4-6-22(20)30-26-21/h3-14,25H,15H2,1-2H3/t25-/m1/s1. The van der Waals surface area contributed by atoms with E-state index in [0.717, 1.165) is 16.5 Å². The zero-order chi connectivity index (χ0) is 21.1. The maximum absolute atomic E-state index is 13.2. The van der Waals surface area contributed by atoms with Crippen LogP contribution in [0, 0.1) is 13.8 Å². The van der Waals surface area contributed by atoms with Gasteiger partial charge in [0.1, 0.15) is 5.69 Å². The molecular formula is C25H21NO4. The summed E-state index contributed by atoms with van der Waals surface area (Å²) in [5.74, 6) is -0.808. The van der Waals surface area contributed by atoms with Gasteiger partial charge in [-0.15, -0.1) is 0 Å². The van der Waals surface area contributed by atoms with Gasteiger partial charge in [-0.05, 0) is 26.0 Å². The second kappa shape index (κ2) is 8.33. The van der Waals surface area contributed by atoms with Gasteiger partial charge in [-0.1, -0.05) is 76.9 Å². The minimum absolute atomic E-state index is 0.0828. The van der Waals surface area contributed by atoms with Crippen molar-refractivity contribution in [2.75, 3.05) is 0 Å². The van der Waals surface area contributed by atoms with Crippen LogP contribution in [0.3, 0.4) is 0 Å². The predicted molar refractivity (Wildman–Crippen MR) is 113 cm³/mol. The van der Waals surface area contributed by atoms with Crippen LogP contribution in [0.15, 0.2) is 77.3 Å². The number of para-hydroxylation sites is 1. The van der Waals surface area contributed by atoms with E-state index in [4.69, 9.17) is 9.26 Å². The molecule has 4 rings (SSSR count). The fourth-order valence-corrected chi connectivity index (χ4v) is 3.26. The molecule has 0 spiro atoms. The van der Waals surface area contributed by atoms with Gasteiger partial charge in [-0.2, -0.15) is 0 Å². The fourth-order valence-electron chi connectivity index (χ4n) is 3.26. The zero-order valence-electron chi connectivity index (χ0n) is 16.8. The molecule has 0 bridgehead atoms. The molecule has 0 fully saturated rings. The number of rotatable bonds is 6. The average molecular weight is 399 g/mol. The van der Waals surface area contributed by atoms with Gasteiger partial charge in [0, 0.05) is 16.5 Å². The molecule has 0 N–H and O–H groups in total. The van der Waals surface area contributed by atoms with Gasteiger partial charge in [-0.3, -0.25) is 9.59 Å². The Morgan fingerprint density at radius 2 is 1.53 bits per heavy atom. The topological polar surface area (TPSA) is 69.4 Å². The Kier molecular flexibility index (Phi) is 5.44. The molecule has 0 aliphatic heterocycles. The molecule has 150 valence electrons. The molecular weight excluding hydrogens is 378 g/mol. The number of aryl methyl sites for hydroxylation is 2. The van der Waals surface area contributed by atoms with Gasteiger partial charge in [0.2, 0.25) is 5.78 Å². The molecule has 0 aliphatic rings. The van der Waals surface area contributed by atoms with E-state index in [2.05, 4.69) is 5.16 Å². The number of nitrogens with zero attached hydrogens (tertiary/aromatic N) is 1. The highest BCUT2D eigenvalue weighted by atomic mass is 16.5. The lowest BCUT2D eigenvalue weighted by Crippen LogP contribution is -2.21. The molecule has 3 aromatic carbocycles. The van der Waals surface area contributed by atoms with Crippen molar-refractivity contribution < 1.29 is 18.8 Å². The van der Waals surface area contributed by atoms with Crippen molar-refractivity contribution in [3.05, 3.63) is 101 Å². The quantitative estimate of drug-likeness (QED) is 0.331. The van der Waals surface area contributed by atoms with Gasteiger partial charge < -0.3 is 9.26 Å². The summed E-state index contributed by atoms with van der Waals surface area (Å²) in [6.07, 6.45) is -1.11. The lowest BCUT2D eigenvalue weighted by atomic mass is 9.98. The summed E-state index contributed by atoms with van der Waals surface area (Å²) in [5.41, 5.74) is 4.32. The van der Waals surface area contributed by atoms with Crippen molar-refractivity contribution in [3.63, 3.8) is 0 Å². The lowest BCUT2D eigenvalue weighted by Gasteiger charge is -2.17. The van der Waals surface area contributed by atoms with E-state index in [1.807, 2.05) is 68.4 Å². The molecule has 1 heterocycles. The second-order valence-corrected chi connectivity index (χ2v) is 7.31. The van der Waals surface area contributed by atoms with Crippen molar-refractivity contribution >= 4 is 22.7 Å². The normalized spacial score (nSPS) is 11.9. The van der Waals surface area contributed by atoms with Crippen LogP contribution in [0.25, 0.3) is 11.0 Å². The molecule has 0 unspecified atom stereocenters. The summed E-state index contributed by atoms with van der Waals surface area (Å²) in [6.45, 7) is 3.91. The Morgan fingerprint density at radius 3 is 2.23 bits per heavy atom. The number of esters is 1. The van der Waals surface area contributed by atoms with E-state index in [9.17, 15) is 9.59 Å². The second-order valence-electron chi connectivity index (χ2n) is 7.31. The average Bonchev–Trinajstić information content (AvgIpc) is 3.16. The first-order chi connectivity index (χ1) is 14.5. The molecule has 5 heteroatoms. The maximum atomic E-state index is 13.2. The predicted octanol–water partition coefficient (Wildman–Crippen LogP) is 5.15. The summed E-state index contributed by atoms with van der Waals surface area (Å²) in [5, 5.41) is 4.73. The summed E-state index contributed by atoms with van der Waals surface area (Å²) in [4.78, 5) is 25.9. The first-order valence-corrected chi connectivity index (χ1v) is 9.71. The Bertz CT molecular complexity index is 1190. The van der Waals surface area contributed by atoms with Gasteiger partial charge in [-0.25, -0.2) is 0 Å². The molecule has 0 aliphatic carbocycles. The lowest BCUT2D eigenvalue weighted by molar-refractivity contribution is -0.146. The maximum Gasteiger partial charge on any atom is 0.313 e. The van der Waals surface area contributed by atoms with Crippen LogP contribution in [-0.2, 0) is 16.0 Å². The number of aromatic nitrogens is 1. The summed E-state index contributed by atoms with van der Waals surface area (Å²) < 4.78 is 10.9. The SMILES string of the molecule is Cc1ccc(C(=O)[C@H](OC(=O)Cc2noc3ccccc23)c2ccc(C)cc2)cc1. The van der Waals surface area contributed by atoms with Crippen LogP contribution < -0.4 is 0 Å². The Hall–Kier alpha value is -3.73. The molecule has 1 aromatic heterocycles. The summed E-state index contributed by atoms with van der Waals surface area (Å²) >= 11 is 0. The molecule has 0 amide bonds. The molecule has 30 heavy (non-hydrogen) atoms. The van der Waals surface area contributed by atoms with Crippen molar-refractivity contribution in [2.45, 2.75) is 26.4 Å². The number of Topliss-reactive ketones (excluding diaryl/α,β-unsaturated/α-hetero) is 1. The van der Waals surface area contributed by atoms with Crippen molar-refractivity contribution in [2.24, 2.45) is 0 Å². The molecule has 1 atom stereocenters. The van der Waals surface area contributed by atoms with Crippen LogP contribution in [0.4, 0.5) is 0 Å². The fraction of sp³-hybridized carbons (Fsp3) is 0.160. The molecule has 0 radical (unpaired) electrons. The minimum atomic E-state index is -1.03. The highest BCUT2D eigenvalue weighted by Crippen LogP contribution is 2.25. The van der Waals surface area contributed by atoms with E-state index in [1.165, 1.54) is 0 Å². The first-order valence-electron chi connectivity index (χ1n) is 9.71. The summed E-state index contributed by atoms with van der Waals surface area (Å²) in [7, 11) is 0. The van der Waals surface area contributed by atoms with Crippen molar-refractivity contribution in [1.29, 1.82) is 0 Å². The van der Waals surface area contributed by atoms with Gasteiger partial charge in [0.25, 0.3) is 0 Å². The van der Waals surface area contributed by atoms with Crippen LogP contribution in [0.1, 0.15) is 38.8 Å². The van der Waals surface area contributed by atoms with Crippen LogP contribution in [0.5, 0.6) is 0 Å². The number of benzene rings is 3. The van der Waals surface area contributed by atoms with E-state index < -0.39 is 12.1 Å². The molecule has 4 aromatic rings. The largest absolute Gasteiger partial charge is 0.449 e. The summed E-state index contributed by atoms with van der Waals surface area (Å²) in [6, 6.07) is 21.9. The Labute approximate surface area is 174 Å². The van der Waals surface area contributed by atoms with Gasteiger partial charge in [0.15, 0.2) is 11.7 Å². The number of fused-ring (bicyclic) bond motifs is 1. The first kappa shape index (κ1) is 19.6. The van der Waals surface area contributed by atoms with Crippen molar-refractivity contribution in [1.82, 2.24) is 5.16 Å². The number of carbonyl (C=O) groups is 2. The number of carbonyl (C=O) groups excluding carboxylic acids is 2. The number of hydrogen-bond donors (Lipinski definition) is 0. The third-order valence-electron chi connectivity index (χ3n) is 4.97. The third kappa shape index (κ3) is 4.15. The molecule has 5 nitrogen and oxygen atoms in total. The molecule has 0 saturated heterocycles. The van der Waals surface area contributed by atoms with E-state index >= 15 is 0 Å². The number of hydrogen-bond acceptors (Lipinski definition) is 5. The zero-order valence-corrected chi connectivity index (χ0v) is 16.8. The number of ketones is 1. The third-order valence-corrected chi connectivity index (χ3v) is 4.97. The highest BCUT2D eigenvalue weighted by Gasteiger charge is 2.27. The van der Waals surface area contributed by atoms with Crippen LogP contribution >= 0.6 is 0 Å². The number of ether oxygens (including phenoxy) is 1. The van der Waals surface area contributed by atoms with E-state index in [-0.39, 0.29) is 12.2 Å². The monoisotopic (exact) mass is 399 g/mol. The minimum Gasteiger partial charge on any atom is -0.449 e. The molecule has 0 saturated carbocycles. The Balaban J connectivity index is 1.60.